The fourth-order valence-corrected chi connectivity index (χ4v) is 1.96. The van der Waals surface area contributed by atoms with Gasteiger partial charge in [0.15, 0.2) is 5.52 Å². The second-order valence-electron chi connectivity index (χ2n) is 4.00. The first kappa shape index (κ1) is 14.2. The quantitative estimate of drug-likeness (QED) is 0.506. The van der Waals surface area contributed by atoms with Gasteiger partial charge in [-0.15, -0.1) is 11.6 Å². The van der Waals surface area contributed by atoms with Crippen LogP contribution >= 0.6 is 11.6 Å². The lowest BCUT2D eigenvalue weighted by atomic mass is 10.2. The fraction of sp³-hybridized carbons (Fsp3) is 0.300. The summed E-state index contributed by atoms with van der Waals surface area (Å²) >= 11 is 5.47. The molecule has 1 unspecified atom stereocenters. The Bertz CT molecular complexity index is 686. The van der Waals surface area contributed by atoms with Crippen molar-refractivity contribution < 1.29 is 15.0 Å². The van der Waals surface area contributed by atoms with E-state index >= 15 is 0 Å². The Morgan fingerprint density at radius 1 is 1.35 bits per heavy atom. The zero-order chi connectivity index (χ0) is 14.9. The number of aliphatic hydroxyl groups excluding tert-OH is 1. The van der Waals surface area contributed by atoms with E-state index in [1.807, 2.05) is 0 Å². The molecule has 0 spiro atoms. The monoisotopic (exact) mass is 300 g/mol. The summed E-state index contributed by atoms with van der Waals surface area (Å²) in [4.78, 5) is 20.6. The van der Waals surface area contributed by atoms with Crippen LogP contribution in [-0.4, -0.2) is 36.7 Å². The van der Waals surface area contributed by atoms with Crippen LogP contribution in [0.25, 0.3) is 10.9 Å². The van der Waals surface area contributed by atoms with E-state index in [9.17, 15) is 25.3 Å². The van der Waals surface area contributed by atoms with Crippen molar-refractivity contribution in [1.29, 1.82) is 0 Å². The van der Waals surface area contributed by atoms with Gasteiger partial charge in [0.2, 0.25) is 0 Å². The first-order chi connectivity index (χ1) is 9.45. The van der Waals surface area contributed by atoms with Gasteiger partial charge in [0.1, 0.15) is 5.39 Å². The maximum absolute atomic E-state index is 11.0. The van der Waals surface area contributed by atoms with E-state index in [0.29, 0.717) is 0 Å². The Balaban J connectivity index is 2.72. The largest absolute Gasteiger partial charge is 0.398 e. The second-order valence-corrected chi connectivity index (χ2v) is 4.31. The average molecular weight is 301 g/mol. The summed E-state index contributed by atoms with van der Waals surface area (Å²) < 4.78 is 1.04. The highest BCUT2D eigenvalue weighted by Gasteiger charge is 2.28. The number of hydrogen-bond acceptors (Lipinski definition) is 6. The van der Waals surface area contributed by atoms with Crippen molar-refractivity contribution in [3.8, 4) is 0 Å². The first-order valence-corrected chi connectivity index (χ1v) is 6.01. The van der Waals surface area contributed by atoms with Gasteiger partial charge < -0.3 is 15.2 Å². The van der Waals surface area contributed by atoms with Crippen LogP contribution in [0.1, 0.15) is 0 Å². The number of aliphatic hydroxyl groups is 1. The van der Waals surface area contributed by atoms with Crippen molar-refractivity contribution >= 4 is 34.0 Å². The molecule has 0 bridgehead atoms. The van der Waals surface area contributed by atoms with E-state index in [1.165, 1.54) is 18.2 Å². The molecule has 10 heteroatoms. The lowest BCUT2D eigenvalue weighted by molar-refractivity contribution is -0.388. The summed E-state index contributed by atoms with van der Waals surface area (Å²) in [5.74, 6) is -0.610. The van der Waals surface area contributed by atoms with E-state index in [0.717, 1.165) is 4.68 Å². The number of fused-ring (bicyclic) bond motifs is 1. The number of alkyl halides is 1. The minimum absolute atomic E-state index is 0.00614. The summed E-state index contributed by atoms with van der Waals surface area (Å²) in [6.07, 6.45) is -1.01. The van der Waals surface area contributed by atoms with Gasteiger partial charge in [-0.2, -0.15) is 4.68 Å². The molecular formula is C10H9ClN4O5. The van der Waals surface area contributed by atoms with E-state index in [1.54, 1.807) is 0 Å². The molecule has 2 rings (SSSR count). The highest BCUT2D eigenvalue weighted by Crippen LogP contribution is 2.31. The maximum atomic E-state index is 11.0. The van der Waals surface area contributed by atoms with Gasteiger partial charge in [-0.05, 0) is 11.0 Å². The lowest BCUT2D eigenvalue weighted by Gasteiger charge is -2.04. The lowest BCUT2D eigenvalue weighted by Crippen LogP contribution is -2.18. The fourth-order valence-electron chi connectivity index (χ4n) is 1.86. The Kier molecular flexibility index (Phi) is 3.81. The minimum atomic E-state index is -1.01. The third-order valence-corrected chi connectivity index (χ3v) is 3.02. The third-order valence-electron chi connectivity index (χ3n) is 2.66. The highest BCUT2D eigenvalue weighted by atomic mass is 35.5. The molecular weight excluding hydrogens is 292 g/mol. The summed E-state index contributed by atoms with van der Waals surface area (Å²) in [5, 5.41) is 35.2. The van der Waals surface area contributed by atoms with Gasteiger partial charge in [-0.25, -0.2) is 0 Å². The van der Waals surface area contributed by atoms with Gasteiger partial charge >= 0.3 is 5.82 Å². The van der Waals surface area contributed by atoms with E-state index in [2.05, 4.69) is 5.10 Å². The number of nitrogens with zero attached hydrogens (tertiary/aromatic N) is 4. The standard InChI is InChI=1S/C10H9ClN4O5/c11-4-6(16)5-13-9-7(10(12-13)15(19)20)2-1-3-8(9)14(17)18/h1-3,6,16H,4-5H2. The summed E-state index contributed by atoms with van der Waals surface area (Å²) in [5.41, 5.74) is -0.321. The second kappa shape index (κ2) is 5.39. The average Bonchev–Trinajstić information content (AvgIpc) is 2.77. The molecule has 0 fully saturated rings. The Morgan fingerprint density at radius 3 is 2.60 bits per heavy atom. The number of hydrogen-bond donors (Lipinski definition) is 1. The molecule has 20 heavy (non-hydrogen) atoms. The number of non-ortho nitro benzene ring substituents is 1. The number of nitro benzene ring substituents is 1. The number of halogens is 1. The molecule has 1 N–H and O–H groups in total. The molecule has 1 heterocycles. The van der Waals surface area contributed by atoms with E-state index in [4.69, 9.17) is 11.6 Å². The first-order valence-electron chi connectivity index (χ1n) is 5.48. The molecule has 0 aliphatic carbocycles. The molecule has 0 amide bonds. The molecule has 1 aromatic carbocycles. The Labute approximate surface area is 116 Å². The predicted octanol–water partition coefficient (Wildman–Crippen LogP) is 1.45. The minimum Gasteiger partial charge on any atom is -0.390 e. The summed E-state index contributed by atoms with van der Waals surface area (Å²) in [6.45, 7) is -0.168. The molecule has 0 aliphatic heterocycles. The zero-order valence-electron chi connectivity index (χ0n) is 9.97. The predicted molar refractivity (Wildman–Crippen MR) is 69.8 cm³/mol. The van der Waals surface area contributed by atoms with Crippen molar-refractivity contribution in [2.75, 3.05) is 5.88 Å². The molecule has 0 saturated heterocycles. The van der Waals surface area contributed by atoms with Crippen LogP contribution in [0.15, 0.2) is 18.2 Å². The van der Waals surface area contributed by atoms with Gasteiger partial charge in [-0.3, -0.25) is 10.1 Å². The maximum Gasteiger partial charge on any atom is 0.398 e. The van der Waals surface area contributed by atoms with Crippen molar-refractivity contribution in [2.45, 2.75) is 12.6 Å². The smallest absolute Gasteiger partial charge is 0.390 e. The number of benzene rings is 1. The van der Waals surface area contributed by atoms with Crippen LogP contribution in [0.5, 0.6) is 0 Å². The highest BCUT2D eigenvalue weighted by molar-refractivity contribution is 6.18. The third kappa shape index (κ3) is 2.40. The molecule has 0 aliphatic rings. The molecule has 2 aromatic rings. The summed E-state index contributed by atoms with van der Waals surface area (Å²) in [6, 6.07) is 3.94. The van der Waals surface area contributed by atoms with Crippen LogP contribution in [0, 0.1) is 20.2 Å². The van der Waals surface area contributed by atoms with Gasteiger partial charge in [0, 0.05) is 6.07 Å². The topological polar surface area (TPSA) is 124 Å². The number of aromatic nitrogens is 2. The van der Waals surface area contributed by atoms with Crippen molar-refractivity contribution in [2.24, 2.45) is 0 Å². The van der Waals surface area contributed by atoms with Gasteiger partial charge in [-0.1, -0.05) is 6.07 Å². The van der Waals surface area contributed by atoms with Crippen LogP contribution in [0.4, 0.5) is 11.5 Å². The van der Waals surface area contributed by atoms with Gasteiger partial charge in [0.25, 0.3) is 5.69 Å². The number of rotatable bonds is 5. The normalized spacial score (nSPS) is 12.5. The van der Waals surface area contributed by atoms with E-state index < -0.39 is 21.8 Å². The van der Waals surface area contributed by atoms with Crippen LogP contribution in [-0.2, 0) is 6.54 Å². The van der Waals surface area contributed by atoms with Crippen LogP contribution < -0.4 is 0 Å². The van der Waals surface area contributed by atoms with Crippen molar-refractivity contribution in [3.63, 3.8) is 0 Å². The van der Waals surface area contributed by atoms with Crippen LogP contribution in [0.3, 0.4) is 0 Å². The zero-order valence-corrected chi connectivity index (χ0v) is 10.7. The van der Waals surface area contributed by atoms with Crippen molar-refractivity contribution in [3.05, 3.63) is 38.4 Å². The Hall–Kier alpha value is -2.26. The van der Waals surface area contributed by atoms with Gasteiger partial charge in [0.05, 0.1) is 28.6 Å². The number of para-hydroxylation sites is 1. The molecule has 0 radical (unpaired) electrons. The molecule has 9 nitrogen and oxygen atoms in total. The van der Waals surface area contributed by atoms with E-state index in [-0.39, 0.29) is 29.0 Å². The molecule has 106 valence electrons. The Morgan fingerprint density at radius 2 is 2.05 bits per heavy atom. The molecule has 1 aromatic heterocycles. The SMILES string of the molecule is O=[N+]([O-])c1nn(CC(O)CCl)c2c([N+](=O)[O-])cccc12. The molecule has 1 atom stereocenters. The number of nitro groups is 2. The molecule has 0 saturated carbocycles. The van der Waals surface area contributed by atoms with Crippen LogP contribution in [0.2, 0.25) is 0 Å². The summed E-state index contributed by atoms with van der Waals surface area (Å²) in [7, 11) is 0. The van der Waals surface area contributed by atoms with Crippen molar-refractivity contribution in [1.82, 2.24) is 9.78 Å².